The third-order valence-corrected chi connectivity index (χ3v) is 16.5. The molecule has 0 bridgehead atoms. The van der Waals surface area contributed by atoms with E-state index in [1.807, 2.05) is 27.7 Å². The van der Waals surface area contributed by atoms with Gasteiger partial charge in [-0.3, -0.25) is 38.4 Å². The van der Waals surface area contributed by atoms with Gasteiger partial charge in [-0.1, -0.05) is 78.6 Å². The average molecular weight is 1340 g/mol. The molecule has 0 aromatic heterocycles. The molecule has 2 fully saturated rings. The highest BCUT2D eigenvalue weighted by atomic mass is 16.6. The lowest BCUT2D eigenvalue weighted by Gasteiger charge is -2.36. The van der Waals surface area contributed by atoms with E-state index in [2.05, 4.69) is 58.4 Å². The van der Waals surface area contributed by atoms with Crippen LogP contribution in [0.25, 0.3) is 0 Å². The second-order valence-electron chi connectivity index (χ2n) is 23.5. The number of carbonyl (C=O) groups is 10. The molecule has 0 aromatic carbocycles. The Hall–Kier alpha value is -7.76. The van der Waals surface area contributed by atoms with Gasteiger partial charge >= 0.3 is 24.1 Å². The number of nitrogens with zero attached hydrogens (tertiary/aromatic N) is 2. The van der Waals surface area contributed by atoms with Crippen molar-refractivity contribution >= 4 is 71.5 Å². The Labute approximate surface area is 551 Å². The van der Waals surface area contributed by atoms with E-state index in [9.17, 15) is 58.2 Å². The summed E-state index contributed by atoms with van der Waals surface area (Å²) in [5, 5.41) is 42.2. The molecule has 0 saturated heterocycles. The van der Waals surface area contributed by atoms with Gasteiger partial charge in [0.15, 0.2) is 11.9 Å². The highest BCUT2D eigenvalue weighted by Gasteiger charge is 2.55. The number of aliphatic imine (C=N–C) groups is 2. The third kappa shape index (κ3) is 32.9. The summed E-state index contributed by atoms with van der Waals surface area (Å²) in [6.45, 7) is 13.0. The molecule has 1 unspecified atom stereocenters. The van der Waals surface area contributed by atoms with Gasteiger partial charge < -0.3 is 104 Å². The Morgan fingerprint density at radius 1 is 0.532 bits per heavy atom. The third-order valence-electron chi connectivity index (χ3n) is 16.5. The Morgan fingerprint density at radius 2 is 0.957 bits per heavy atom. The number of carboxylic acid groups (broad SMARTS) is 2. The molecule has 2 aliphatic rings. The summed E-state index contributed by atoms with van der Waals surface area (Å²) in [4.78, 5) is 137. The first-order valence-electron chi connectivity index (χ1n) is 32.8. The van der Waals surface area contributed by atoms with E-state index in [4.69, 9.17) is 57.8 Å². The van der Waals surface area contributed by atoms with Crippen molar-refractivity contribution in [2.75, 3.05) is 85.6 Å². The number of guanidine groups is 2. The number of unbranched alkanes of at least 4 members (excludes halogenated alkanes) is 6. The Balaban J connectivity index is 1.89. The van der Waals surface area contributed by atoms with Crippen LogP contribution in [0.5, 0.6) is 0 Å². The van der Waals surface area contributed by atoms with E-state index in [1.54, 1.807) is 0 Å². The number of hydrogen-bond donors (Lipinski definition) is 14. The molecule has 32 heteroatoms. The van der Waals surface area contributed by atoms with Gasteiger partial charge in [0.25, 0.3) is 0 Å². The topological polar surface area (TPSA) is 492 Å². The van der Waals surface area contributed by atoms with E-state index in [-0.39, 0.29) is 120 Å². The van der Waals surface area contributed by atoms with E-state index in [0.29, 0.717) is 104 Å². The molecular formula is C62H108N14O18. The largest absolute Gasteiger partial charge is 0.481 e. The summed E-state index contributed by atoms with van der Waals surface area (Å²) < 4.78 is 33.1. The number of amides is 8. The number of rotatable bonds is 49. The SMILES string of the molecule is C#CCOCCOCCOCCOCCC(=O)N[C@H](CCC(=O)NCCCCCCNC(=O)O[C@H]1[C@@H]([C@@H](NC(C)=O)C(C)CC)[C@H](N=C(N)N)C[C@@H]1C(=O)O)C(=O)NCC(=O)NCCCCCCNC(=O)O[C@H]1[C@@H]([C@@H](NC(C)=O)C(CC)CC)[C@H](N=C(N)N)C[C@@H]1C(=O)O. The first-order valence-corrected chi connectivity index (χ1v) is 32.8. The van der Waals surface area contributed by atoms with Gasteiger partial charge in [-0.2, -0.15) is 0 Å². The zero-order valence-electron chi connectivity index (χ0n) is 55.7. The van der Waals surface area contributed by atoms with Gasteiger partial charge in [-0.25, -0.2) is 19.6 Å². The standard InChI is InChI=1S/C62H108N14O18/c1-8-27-89-29-31-91-33-34-92-32-30-90-28-22-48(80)74-44(20-21-47(79)67-23-16-12-14-18-25-69-61(87)93-54-42(57(83)84)35-45(75-59(63)64)50(54)52(38(5)9-2)72-39(6)77)56(82)71-37-49(81)68-24-17-13-15-19-26-70-62(88)94-55-43(58(85)86)36-46(76-60(65)66)51(55)53(73-40(7)78)41(10-3)11-4/h1,38,41-46,50-55H,9-37H2,2-7H3,(H,67,79)(H,68,81)(H,69,87)(H,70,88)(H,71,82)(H,72,77)(H,73,78)(H,74,80)(H,83,84)(H,85,86)(H4,63,64,75)(H4,65,66,76)/t38?,42-,43-,44+,45+,46+,50+,51+,52-,53-,54+,55+/m0/s1. The lowest BCUT2D eigenvalue weighted by molar-refractivity contribution is -0.146. The maximum atomic E-state index is 13.5. The Kier molecular flexibility index (Phi) is 41.3. The predicted octanol–water partition coefficient (Wildman–Crippen LogP) is 0.217. The predicted molar refractivity (Wildman–Crippen MR) is 347 cm³/mol. The zero-order valence-corrected chi connectivity index (χ0v) is 55.7. The summed E-state index contributed by atoms with van der Waals surface area (Å²) in [6, 6.07) is -3.82. The van der Waals surface area contributed by atoms with Crippen LogP contribution in [-0.2, 0) is 66.8 Å². The van der Waals surface area contributed by atoms with Crippen molar-refractivity contribution in [3.63, 3.8) is 0 Å². The number of terminal acetylenes is 1. The summed E-state index contributed by atoms with van der Waals surface area (Å²) in [5.74, 6) is -7.25. The van der Waals surface area contributed by atoms with Crippen LogP contribution in [-0.4, -0.2) is 210 Å². The second-order valence-corrected chi connectivity index (χ2v) is 23.5. The molecular weight excluding hydrogens is 1230 g/mol. The van der Waals surface area contributed by atoms with Gasteiger partial charge in [0, 0.05) is 76.8 Å². The zero-order chi connectivity index (χ0) is 70.0. The van der Waals surface area contributed by atoms with Crippen molar-refractivity contribution in [2.45, 2.75) is 187 Å². The second kappa shape index (κ2) is 47.2. The molecule has 0 heterocycles. The molecule has 2 saturated carbocycles. The summed E-state index contributed by atoms with van der Waals surface area (Å²) in [7, 11) is 0. The fourth-order valence-electron chi connectivity index (χ4n) is 11.7. The van der Waals surface area contributed by atoms with Gasteiger partial charge in [-0.05, 0) is 56.8 Å². The molecule has 8 amide bonds. The highest BCUT2D eigenvalue weighted by molar-refractivity contribution is 5.91. The van der Waals surface area contributed by atoms with Crippen molar-refractivity contribution in [3.05, 3.63) is 0 Å². The molecule has 18 N–H and O–H groups in total. The van der Waals surface area contributed by atoms with Crippen LogP contribution >= 0.6 is 0 Å². The summed E-state index contributed by atoms with van der Waals surface area (Å²) in [5.41, 5.74) is 22.9. The number of hydrogen-bond acceptors (Lipinski definition) is 18. The number of alkyl carbamates (subject to hydrolysis) is 2. The normalized spacial score (nSPS) is 20.1. The maximum absolute atomic E-state index is 13.5. The molecule has 534 valence electrons. The molecule has 12 atom stereocenters. The van der Waals surface area contributed by atoms with Crippen molar-refractivity contribution in [1.29, 1.82) is 0 Å². The minimum absolute atomic E-state index is 0.00613. The first kappa shape index (κ1) is 82.3. The molecule has 0 spiro atoms. The van der Waals surface area contributed by atoms with Crippen LogP contribution in [0.15, 0.2) is 9.98 Å². The molecule has 2 rings (SSSR count). The van der Waals surface area contributed by atoms with E-state index in [1.165, 1.54) is 13.8 Å². The molecule has 94 heavy (non-hydrogen) atoms. The van der Waals surface area contributed by atoms with Crippen molar-refractivity contribution in [2.24, 2.45) is 68.4 Å². The minimum Gasteiger partial charge on any atom is -0.481 e. The molecule has 32 nitrogen and oxygen atoms in total. The minimum atomic E-state index is -1.19. The Bertz CT molecular complexity index is 2460. The maximum Gasteiger partial charge on any atom is 0.407 e. The molecule has 2 aliphatic carbocycles. The van der Waals surface area contributed by atoms with Crippen molar-refractivity contribution < 1.29 is 86.6 Å². The quantitative estimate of drug-likeness (QED) is 0.0168. The Morgan fingerprint density at radius 3 is 1.38 bits per heavy atom. The average Bonchev–Trinajstić information content (AvgIpc) is 1.64. The van der Waals surface area contributed by atoms with Crippen molar-refractivity contribution in [1.82, 2.24) is 42.5 Å². The fourth-order valence-corrected chi connectivity index (χ4v) is 11.7. The van der Waals surface area contributed by atoms with Gasteiger partial charge in [0.05, 0.1) is 76.7 Å². The monoisotopic (exact) mass is 1340 g/mol. The summed E-state index contributed by atoms with van der Waals surface area (Å²) >= 11 is 0. The lowest BCUT2D eigenvalue weighted by atomic mass is 9.80. The van der Waals surface area contributed by atoms with Gasteiger partial charge in [0.2, 0.25) is 35.4 Å². The molecule has 0 aromatic rings. The van der Waals surface area contributed by atoms with Crippen LogP contribution < -0.4 is 65.5 Å². The van der Waals surface area contributed by atoms with Crippen LogP contribution in [0.1, 0.15) is 144 Å². The molecule has 0 aliphatic heterocycles. The van der Waals surface area contributed by atoms with E-state index in [0.717, 1.165) is 0 Å². The number of ether oxygens (including phenoxy) is 6. The van der Waals surface area contributed by atoms with Gasteiger partial charge in [0.1, 0.15) is 24.9 Å². The smallest absolute Gasteiger partial charge is 0.407 e. The van der Waals surface area contributed by atoms with Gasteiger partial charge in [-0.15, -0.1) is 6.42 Å². The number of nitrogens with one attached hydrogen (secondary N) is 8. The lowest BCUT2D eigenvalue weighted by Crippen LogP contribution is -2.52. The van der Waals surface area contributed by atoms with E-state index >= 15 is 0 Å². The number of aliphatic carboxylic acids is 2. The van der Waals surface area contributed by atoms with E-state index < -0.39 is 114 Å². The van der Waals surface area contributed by atoms with Crippen LogP contribution in [0.2, 0.25) is 0 Å². The van der Waals surface area contributed by atoms with Crippen LogP contribution in [0.3, 0.4) is 0 Å². The van der Waals surface area contributed by atoms with Crippen molar-refractivity contribution in [3.8, 4) is 12.3 Å². The summed E-state index contributed by atoms with van der Waals surface area (Å²) in [6.07, 6.45) is 7.55. The number of nitrogens with two attached hydrogens (primary N) is 4. The first-order chi connectivity index (χ1) is 44.9. The number of carbonyl (C=O) groups excluding carboxylic acids is 8. The van der Waals surface area contributed by atoms with Crippen LogP contribution in [0, 0.1) is 47.9 Å². The number of carboxylic acids is 2. The highest BCUT2D eigenvalue weighted by Crippen LogP contribution is 2.43. The molecule has 0 radical (unpaired) electrons. The fraction of sp³-hybridized carbons (Fsp3) is 0.774. The van der Waals surface area contributed by atoms with Crippen LogP contribution in [0.4, 0.5) is 9.59 Å².